The first-order valence-corrected chi connectivity index (χ1v) is 11.1. The van der Waals surface area contributed by atoms with Gasteiger partial charge in [-0.15, -0.1) is 0 Å². The summed E-state index contributed by atoms with van der Waals surface area (Å²) in [6.45, 7) is 2.70. The lowest BCUT2D eigenvalue weighted by Crippen LogP contribution is -2.59. The predicted octanol–water partition coefficient (Wildman–Crippen LogP) is -1.23. The van der Waals surface area contributed by atoms with Crippen molar-refractivity contribution in [1.82, 2.24) is 16.0 Å². The Kier molecular flexibility index (Phi) is 11.7. The molecule has 5 unspecified atom stereocenters. The van der Waals surface area contributed by atoms with Gasteiger partial charge in [-0.3, -0.25) is 14.4 Å². The van der Waals surface area contributed by atoms with Crippen molar-refractivity contribution < 1.29 is 34.5 Å². The van der Waals surface area contributed by atoms with Gasteiger partial charge in [0.25, 0.3) is 0 Å². The maximum Gasteiger partial charge on any atom is 0.326 e. The molecule has 0 aliphatic rings. The topological polar surface area (TPSA) is 191 Å². The zero-order valence-electron chi connectivity index (χ0n) is 18.5. The third-order valence-corrected chi connectivity index (χ3v) is 5.53. The molecule has 1 aromatic rings. The molecule has 0 fully saturated rings. The number of aliphatic hydroxyl groups is 1. The zero-order chi connectivity index (χ0) is 25.1. The average Bonchev–Trinajstić information content (AvgIpc) is 2.79. The highest BCUT2D eigenvalue weighted by atomic mass is 32.1. The van der Waals surface area contributed by atoms with Gasteiger partial charge in [0.2, 0.25) is 17.7 Å². The number of aromatic hydroxyl groups is 1. The van der Waals surface area contributed by atoms with Crippen LogP contribution < -0.4 is 21.7 Å². The molecule has 184 valence electrons. The fourth-order valence-corrected chi connectivity index (χ4v) is 3.01. The molecule has 0 spiro atoms. The number of carboxylic acid groups (broad SMARTS) is 1. The molecule has 0 saturated carbocycles. The van der Waals surface area contributed by atoms with Crippen LogP contribution in [0.3, 0.4) is 0 Å². The Morgan fingerprint density at radius 1 is 1.00 bits per heavy atom. The van der Waals surface area contributed by atoms with Crippen LogP contribution in [0.4, 0.5) is 0 Å². The molecule has 5 atom stereocenters. The Labute approximate surface area is 197 Å². The van der Waals surface area contributed by atoms with Crippen LogP contribution in [0.15, 0.2) is 24.3 Å². The summed E-state index contributed by atoms with van der Waals surface area (Å²) in [7, 11) is 0. The Hall–Kier alpha value is -2.83. The zero-order valence-corrected chi connectivity index (χ0v) is 19.4. The van der Waals surface area contributed by atoms with Crippen LogP contribution in [0.1, 0.15) is 25.8 Å². The maximum atomic E-state index is 13.0. The van der Waals surface area contributed by atoms with Crippen molar-refractivity contribution in [3.05, 3.63) is 29.8 Å². The van der Waals surface area contributed by atoms with E-state index in [9.17, 15) is 34.5 Å². The average molecular weight is 485 g/mol. The number of carboxylic acids is 1. The second-order valence-corrected chi connectivity index (χ2v) is 8.04. The third kappa shape index (κ3) is 8.91. The highest BCUT2D eigenvalue weighted by Gasteiger charge is 2.31. The number of thiol groups is 1. The van der Waals surface area contributed by atoms with Gasteiger partial charge in [0, 0.05) is 12.2 Å². The van der Waals surface area contributed by atoms with Gasteiger partial charge in [-0.1, -0.05) is 32.4 Å². The van der Waals surface area contributed by atoms with Crippen LogP contribution in [0.25, 0.3) is 0 Å². The van der Waals surface area contributed by atoms with Crippen LogP contribution in [0.2, 0.25) is 0 Å². The van der Waals surface area contributed by atoms with Crippen molar-refractivity contribution in [3.8, 4) is 5.75 Å². The van der Waals surface area contributed by atoms with Gasteiger partial charge in [-0.05, 0) is 23.6 Å². The number of aliphatic hydroxyl groups excluding tert-OH is 1. The second-order valence-electron chi connectivity index (χ2n) is 7.67. The van der Waals surface area contributed by atoms with E-state index < -0.39 is 54.5 Å². The first-order valence-electron chi connectivity index (χ1n) is 10.4. The number of carbonyl (C=O) groups is 4. The molecule has 0 saturated heterocycles. The number of rotatable bonds is 13. The highest BCUT2D eigenvalue weighted by Crippen LogP contribution is 2.13. The van der Waals surface area contributed by atoms with Gasteiger partial charge >= 0.3 is 5.97 Å². The molecule has 3 amide bonds. The quantitative estimate of drug-likeness (QED) is 0.160. The number of phenols is 1. The number of phenolic OH excluding ortho intramolecular Hbond substituents is 1. The summed E-state index contributed by atoms with van der Waals surface area (Å²) < 4.78 is 0. The fraction of sp³-hybridized carbons (Fsp3) is 0.524. The van der Waals surface area contributed by atoms with Gasteiger partial charge in [-0.2, -0.15) is 12.6 Å². The number of nitrogens with one attached hydrogen (secondary N) is 3. The normalized spacial score (nSPS) is 15.4. The third-order valence-electron chi connectivity index (χ3n) is 5.13. The van der Waals surface area contributed by atoms with Crippen molar-refractivity contribution in [2.75, 3.05) is 12.4 Å². The number of nitrogens with two attached hydrogens (primary N) is 1. The van der Waals surface area contributed by atoms with Crippen LogP contribution in [-0.2, 0) is 25.6 Å². The second kappa shape index (κ2) is 13.7. The van der Waals surface area contributed by atoms with Crippen molar-refractivity contribution in [3.63, 3.8) is 0 Å². The predicted molar refractivity (Wildman–Crippen MR) is 124 cm³/mol. The standard InChI is InChI=1S/C21H32N4O7S/c1-3-11(2)17(21(31)32)25-19(29)15(8-12-4-6-13(27)7-5-12)23-20(30)16(9-26)24-18(28)14(22)10-33/h4-7,11,14-17,26-27,33H,3,8-10,22H2,1-2H3,(H,23,30)(H,24,28)(H,25,29)(H,31,32). The summed E-state index contributed by atoms with van der Waals surface area (Å²) in [6, 6.07) is 1.11. The van der Waals surface area contributed by atoms with E-state index in [0.717, 1.165) is 0 Å². The Bertz CT molecular complexity index is 821. The van der Waals surface area contributed by atoms with E-state index in [-0.39, 0.29) is 23.8 Å². The SMILES string of the molecule is CCC(C)C(NC(=O)C(Cc1ccc(O)cc1)NC(=O)C(CO)NC(=O)C(N)CS)C(=O)O. The lowest BCUT2D eigenvalue weighted by molar-refractivity contribution is -0.143. The first-order chi connectivity index (χ1) is 15.5. The maximum absolute atomic E-state index is 13.0. The molecule has 33 heavy (non-hydrogen) atoms. The van der Waals surface area contributed by atoms with E-state index in [4.69, 9.17) is 5.73 Å². The number of hydrogen-bond acceptors (Lipinski definition) is 8. The smallest absolute Gasteiger partial charge is 0.326 e. The molecule has 12 heteroatoms. The van der Waals surface area contributed by atoms with Crippen molar-refractivity contribution >= 4 is 36.3 Å². The number of amides is 3. The van der Waals surface area contributed by atoms with E-state index >= 15 is 0 Å². The first kappa shape index (κ1) is 28.2. The summed E-state index contributed by atoms with van der Waals surface area (Å²) >= 11 is 3.91. The molecule has 11 nitrogen and oxygen atoms in total. The van der Waals surface area contributed by atoms with E-state index in [1.54, 1.807) is 26.0 Å². The van der Waals surface area contributed by atoms with Crippen molar-refractivity contribution in [2.24, 2.45) is 11.7 Å². The van der Waals surface area contributed by atoms with Gasteiger partial charge < -0.3 is 37.0 Å². The Balaban J connectivity index is 3.08. The summed E-state index contributed by atoms with van der Waals surface area (Å²) in [5.41, 5.74) is 6.14. The minimum absolute atomic E-state index is 0.00934. The molecule has 0 aliphatic carbocycles. The molecule has 0 bridgehead atoms. The van der Waals surface area contributed by atoms with Crippen LogP contribution >= 0.6 is 12.6 Å². The minimum atomic E-state index is -1.39. The van der Waals surface area contributed by atoms with E-state index in [1.165, 1.54) is 12.1 Å². The lowest BCUT2D eigenvalue weighted by atomic mass is 9.98. The van der Waals surface area contributed by atoms with E-state index in [2.05, 4.69) is 28.6 Å². The molecule has 0 radical (unpaired) electrons. The van der Waals surface area contributed by atoms with Gasteiger partial charge in [0.1, 0.15) is 23.9 Å². The Morgan fingerprint density at radius 2 is 1.55 bits per heavy atom. The van der Waals surface area contributed by atoms with Crippen LogP contribution in [-0.4, -0.2) is 75.5 Å². The van der Waals surface area contributed by atoms with Crippen molar-refractivity contribution in [2.45, 2.75) is 50.9 Å². The number of aliphatic carboxylic acids is 1. The molecular formula is C21H32N4O7S. The van der Waals surface area contributed by atoms with Gasteiger partial charge in [0.15, 0.2) is 0 Å². The summed E-state index contributed by atoms with van der Waals surface area (Å²) in [5, 5.41) is 35.7. The molecule has 1 rings (SSSR count). The summed E-state index contributed by atoms with van der Waals surface area (Å²) in [4.78, 5) is 49.3. The van der Waals surface area contributed by atoms with Crippen LogP contribution in [0.5, 0.6) is 5.75 Å². The summed E-state index contributed by atoms with van der Waals surface area (Å²) in [5.74, 6) is -3.87. The molecule has 0 aromatic heterocycles. The summed E-state index contributed by atoms with van der Waals surface area (Å²) in [6.07, 6.45) is 0.462. The van der Waals surface area contributed by atoms with E-state index in [1.807, 2.05) is 0 Å². The van der Waals surface area contributed by atoms with Gasteiger partial charge in [0.05, 0.1) is 12.6 Å². The molecular weight excluding hydrogens is 452 g/mol. The molecule has 8 N–H and O–H groups in total. The lowest BCUT2D eigenvalue weighted by Gasteiger charge is -2.26. The molecule has 0 aliphatic heterocycles. The largest absolute Gasteiger partial charge is 0.508 e. The Morgan fingerprint density at radius 3 is 2.03 bits per heavy atom. The number of carbonyl (C=O) groups excluding carboxylic acids is 3. The molecule has 0 heterocycles. The molecule has 1 aromatic carbocycles. The monoisotopic (exact) mass is 484 g/mol. The highest BCUT2D eigenvalue weighted by molar-refractivity contribution is 7.80. The number of hydrogen-bond donors (Lipinski definition) is 8. The minimum Gasteiger partial charge on any atom is -0.508 e. The number of benzene rings is 1. The van der Waals surface area contributed by atoms with Crippen molar-refractivity contribution in [1.29, 1.82) is 0 Å². The van der Waals surface area contributed by atoms with E-state index in [0.29, 0.717) is 12.0 Å². The van der Waals surface area contributed by atoms with Gasteiger partial charge in [-0.25, -0.2) is 4.79 Å². The fourth-order valence-electron chi connectivity index (χ4n) is 2.84. The van der Waals surface area contributed by atoms with Crippen LogP contribution in [0, 0.1) is 5.92 Å².